The number of nitrogens with one attached hydrogen (secondary N) is 2. The highest BCUT2D eigenvalue weighted by Gasteiger charge is 2.16. The highest BCUT2D eigenvalue weighted by molar-refractivity contribution is 5.81. The van der Waals surface area contributed by atoms with Gasteiger partial charge in [0.2, 0.25) is 11.8 Å². The predicted molar refractivity (Wildman–Crippen MR) is 60.1 cm³/mol. The molecule has 5 N–H and O–H groups in total. The van der Waals surface area contributed by atoms with Crippen molar-refractivity contribution in [1.82, 2.24) is 10.6 Å². The number of ether oxygens (including phenoxy) is 1. The lowest BCUT2D eigenvalue weighted by Gasteiger charge is -2.22. The molecule has 1 saturated heterocycles. The molecule has 0 aromatic heterocycles. The van der Waals surface area contributed by atoms with Crippen molar-refractivity contribution in [3.8, 4) is 0 Å². The quantitative estimate of drug-likeness (QED) is 0.421. The van der Waals surface area contributed by atoms with Crippen LogP contribution in [-0.2, 0) is 14.3 Å². The Morgan fingerprint density at radius 1 is 1.47 bits per heavy atom. The second-order valence-electron chi connectivity index (χ2n) is 3.98. The Kier molecular flexibility index (Phi) is 5.88. The second kappa shape index (κ2) is 7.21. The van der Waals surface area contributed by atoms with E-state index in [9.17, 15) is 9.59 Å². The zero-order valence-corrected chi connectivity index (χ0v) is 9.65. The van der Waals surface area contributed by atoms with Crippen LogP contribution in [0, 0.1) is 0 Å². The molecule has 7 heteroatoms. The third-order valence-electron chi connectivity index (χ3n) is 2.56. The Hall–Kier alpha value is -1.18. The zero-order chi connectivity index (χ0) is 12.7. The molecule has 1 aliphatic rings. The number of amides is 2. The van der Waals surface area contributed by atoms with Crippen LogP contribution >= 0.6 is 0 Å². The molecule has 0 aliphatic carbocycles. The van der Waals surface area contributed by atoms with Crippen molar-refractivity contribution in [2.24, 2.45) is 5.73 Å². The number of hydrogen-bond acceptors (Lipinski definition) is 5. The number of carbonyl (C=O) groups is 2. The molecule has 0 saturated carbocycles. The van der Waals surface area contributed by atoms with Crippen molar-refractivity contribution in [2.45, 2.75) is 25.0 Å². The number of aliphatic hydroxyl groups excluding tert-OH is 1. The van der Waals surface area contributed by atoms with Gasteiger partial charge in [0.15, 0.2) is 0 Å². The lowest BCUT2D eigenvalue weighted by Crippen LogP contribution is -2.42. The largest absolute Gasteiger partial charge is 0.381 e. The molecule has 1 rings (SSSR count). The van der Waals surface area contributed by atoms with Gasteiger partial charge in [-0.05, 0) is 25.9 Å². The van der Waals surface area contributed by atoms with E-state index < -0.39 is 12.0 Å². The average Bonchev–Trinajstić information content (AvgIpc) is 2.34. The first-order valence-electron chi connectivity index (χ1n) is 5.66. The van der Waals surface area contributed by atoms with Gasteiger partial charge in [-0.3, -0.25) is 9.59 Å². The first-order chi connectivity index (χ1) is 8.09. The van der Waals surface area contributed by atoms with Crippen LogP contribution in [0.4, 0.5) is 0 Å². The van der Waals surface area contributed by atoms with Crippen molar-refractivity contribution in [3.05, 3.63) is 0 Å². The van der Waals surface area contributed by atoms with Gasteiger partial charge in [-0.2, -0.15) is 0 Å². The molecule has 2 amide bonds. The third kappa shape index (κ3) is 5.62. The van der Waals surface area contributed by atoms with E-state index in [0.29, 0.717) is 0 Å². The minimum Gasteiger partial charge on any atom is -0.381 e. The van der Waals surface area contributed by atoms with Crippen LogP contribution in [0.2, 0.25) is 0 Å². The summed E-state index contributed by atoms with van der Waals surface area (Å²) in [6.07, 6.45) is 0.523. The van der Waals surface area contributed by atoms with Gasteiger partial charge in [0.1, 0.15) is 12.7 Å². The molecule has 0 spiro atoms. The SMILES string of the molecule is NC(=O)C(O)CNC(=O)COC1CCNCC1. The average molecular weight is 245 g/mol. The maximum Gasteiger partial charge on any atom is 0.248 e. The van der Waals surface area contributed by atoms with E-state index in [1.54, 1.807) is 0 Å². The van der Waals surface area contributed by atoms with Crippen LogP contribution in [0.3, 0.4) is 0 Å². The summed E-state index contributed by atoms with van der Waals surface area (Å²) in [4.78, 5) is 21.8. The van der Waals surface area contributed by atoms with Crippen molar-refractivity contribution in [3.63, 3.8) is 0 Å². The molecule has 0 radical (unpaired) electrons. The fraction of sp³-hybridized carbons (Fsp3) is 0.800. The van der Waals surface area contributed by atoms with Gasteiger partial charge in [0.25, 0.3) is 0 Å². The number of nitrogens with two attached hydrogens (primary N) is 1. The van der Waals surface area contributed by atoms with Gasteiger partial charge in [-0.1, -0.05) is 0 Å². The normalized spacial score (nSPS) is 18.6. The van der Waals surface area contributed by atoms with E-state index in [0.717, 1.165) is 25.9 Å². The van der Waals surface area contributed by atoms with Crippen molar-refractivity contribution in [2.75, 3.05) is 26.2 Å². The Bertz CT molecular complexity index is 266. The number of aliphatic hydroxyl groups is 1. The lowest BCUT2D eigenvalue weighted by atomic mass is 10.1. The van der Waals surface area contributed by atoms with E-state index in [2.05, 4.69) is 10.6 Å². The Morgan fingerprint density at radius 2 is 2.12 bits per heavy atom. The summed E-state index contributed by atoms with van der Waals surface area (Å²) in [5, 5.41) is 14.6. The van der Waals surface area contributed by atoms with Gasteiger partial charge >= 0.3 is 0 Å². The fourth-order valence-electron chi connectivity index (χ4n) is 1.52. The summed E-state index contributed by atoms with van der Waals surface area (Å²) in [5.41, 5.74) is 4.83. The van der Waals surface area contributed by atoms with Crippen LogP contribution in [-0.4, -0.2) is 55.4 Å². The number of hydrogen-bond donors (Lipinski definition) is 4. The van der Waals surface area contributed by atoms with Crippen molar-refractivity contribution in [1.29, 1.82) is 0 Å². The lowest BCUT2D eigenvalue weighted by molar-refractivity contribution is -0.130. The first-order valence-corrected chi connectivity index (χ1v) is 5.66. The molecule has 1 atom stereocenters. The molecule has 1 aliphatic heterocycles. The highest BCUT2D eigenvalue weighted by atomic mass is 16.5. The van der Waals surface area contributed by atoms with E-state index in [1.165, 1.54) is 0 Å². The van der Waals surface area contributed by atoms with Gasteiger partial charge in [0.05, 0.1) is 12.6 Å². The molecule has 0 aromatic rings. The van der Waals surface area contributed by atoms with E-state index in [-0.39, 0.29) is 25.2 Å². The van der Waals surface area contributed by atoms with Crippen LogP contribution in [0.1, 0.15) is 12.8 Å². The van der Waals surface area contributed by atoms with Crippen LogP contribution in [0.5, 0.6) is 0 Å². The summed E-state index contributed by atoms with van der Waals surface area (Å²) in [7, 11) is 0. The minimum atomic E-state index is -1.35. The van der Waals surface area contributed by atoms with E-state index in [1.807, 2.05) is 0 Å². The third-order valence-corrected chi connectivity index (χ3v) is 2.56. The van der Waals surface area contributed by atoms with Crippen molar-refractivity contribution < 1.29 is 19.4 Å². The number of piperidine rings is 1. The molecular weight excluding hydrogens is 226 g/mol. The summed E-state index contributed by atoms with van der Waals surface area (Å²) in [5.74, 6) is -1.21. The molecule has 0 bridgehead atoms. The van der Waals surface area contributed by atoms with Gasteiger partial charge in [-0.15, -0.1) is 0 Å². The number of carbonyl (C=O) groups excluding carboxylic acids is 2. The molecule has 1 unspecified atom stereocenters. The molecule has 17 heavy (non-hydrogen) atoms. The molecule has 0 aromatic carbocycles. The highest BCUT2D eigenvalue weighted by Crippen LogP contribution is 2.06. The predicted octanol–water partition coefficient (Wildman–Crippen LogP) is -2.28. The van der Waals surface area contributed by atoms with Gasteiger partial charge in [-0.25, -0.2) is 0 Å². The maximum atomic E-state index is 11.3. The Balaban J connectivity index is 2.10. The molecule has 1 heterocycles. The summed E-state index contributed by atoms with van der Waals surface area (Å²) >= 11 is 0. The molecular formula is C10H19N3O4. The Labute approximate surface area is 99.7 Å². The topological polar surface area (TPSA) is 114 Å². The number of rotatable bonds is 6. The van der Waals surface area contributed by atoms with E-state index >= 15 is 0 Å². The minimum absolute atomic E-state index is 0.0594. The standard InChI is InChI=1S/C10H19N3O4/c11-10(16)8(14)5-13-9(15)6-17-7-1-3-12-4-2-7/h7-8,12,14H,1-6H2,(H2,11,16)(H,13,15). The number of primary amides is 1. The van der Waals surface area contributed by atoms with Gasteiger partial charge < -0.3 is 26.2 Å². The Morgan fingerprint density at radius 3 is 2.71 bits per heavy atom. The molecule has 7 nitrogen and oxygen atoms in total. The monoisotopic (exact) mass is 245 g/mol. The fourth-order valence-corrected chi connectivity index (χ4v) is 1.52. The second-order valence-corrected chi connectivity index (χ2v) is 3.98. The van der Waals surface area contributed by atoms with Crippen LogP contribution in [0.15, 0.2) is 0 Å². The zero-order valence-electron chi connectivity index (χ0n) is 9.65. The first kappa shape index (κ1) is 13.9. The molecule has 1 fully saturated rings. The van der Waals surface area contributed by atoms with E-state index in [4.69, 9.17) is 15.6 Å². The molecule has 98 valence electrons. The summed E-state index contributed by atoms with van der Waals surface area (Å²) in [6.45, 7) is 1.55. The smallest absolute Gasteiger partial charge is 0.248 e. The van der Waals surface area contributed by atoms with Gasteiger partial charge in [0, 0.05) is 0 Å². The summed E-state index contributed by atoms with van der Waals surface area (Å²) < 4.78 is 5.39. The van der Waals surface area contributed by atoms with Crippen molar-refractivity contribution >= 4 is 11.8 Å². The van der Waals surface area contributed by atoms with Crippen LogP contribution < -0.4 is 16.4 Å². The summed E-state index contributed by atoms with van der Waals surface area (Å²) in [6, 6.07) is 0. The van der Waals surface area contributed by atoms with Crippen LogP contribution in [0.25, 0.3) is 0 Å². The maximum absolute atomic E-state index is 11.3.